The minimum atomic E-state index is -0.644. The first-order chi connectivity index (χ1) is 17.5. The first kappa shape index (κ1) is 26.3. The quantitative estimate of drug-likeness (QED) is 0.448. The summed E-state index contributed by atoms with van der Waals surface area (Å²) in [5, 5.41) is 22.0. The Labute approximate surface area is 212 Å². The van der Waals surface area contributed by atoms with E-state index in [9.17, 15) is 15.0 Å². The Balaban J connectivity index is 1.57. The van der Waals surface area contributed by atoms with Gasteiger partial charge in [0, 0.05) is 29.8 Å². The van der Waals surface area contributed by atoms with Crippen molar-refractivity contribution in [1.82, 2.24) is 4.90 Å². The molecule has 1 amide bonds. The van der Waals surface area contributed by atoms with Crippen molar-refractivity contribution in [2.45, 2.75) is 50.9 Å². The summed E-state index contributed by atoms with van der Waals surface area (Å²) in [6.07, 6.45) is 1.99. The van der Waals surface area contributed by atoms with Gasteiger partial charge in [-0.25, -0.2) is 4.79 Å². The molecule has 2 aromatic carbocycles. The third-order valence-corrected chi connectivity index (χ3v) is 6.99. The minimum Gasteiger partial charge on any atom is -0.445 e. The summed E-state index contributed by atoms with van der Waals surface area (Å²) in [5.74, 6) is 0.0522. The number of aliphatic hydroxyl groups excluding tert-OH is 2. The number of ether oxygens (including phenoxy) is 3. The normalized spacial score (nSPS) is 26.5. The lowest BCUT2D eigenvalue weighted by Crippen LogP contribution is -2.46. The number of nitrogens with zero attached hydrogens (tertiary/aromatic N) is 1. The summed E-state index contributed by atoms with van der Waals surface area (Å²) < 4.78 is 18.1. The van der Waals surface area contributed by atoms with Gasteiger partial charge in [0.15, 0.2) is 6.29 Å². The van der Waals surface area contributed by atoms with Crippen LogP contribution in [0.15, 0.2) is 61.2 Å². The standard InChI is InChI=1S/C28H36N2O6/c1-3-14-34-28(33)29-23-7-4-6-22(15-23)27-35-25(16-30-13-5-8-24(30)18-32)19(2)26(36-27)21-11-9-20(17-31)10-12-21/h3-4,6-7,9-12,15,19,24-27,31-32H,1,5,8,13-14,16-18H2,2H3,(H,29,33)/t19-,24-,25+,26+,27+/m0/s1. The lowest BCUT2D eigenvalue weighted by molar-refractivity contribution is -0.276. The second-order valence-corrected chi connectivity index (χ2v) is 9.43. The van der Waals surface area contributed by atoms with Gasteiger partial charge in [0.1, 0.15) is 6.61 Å². The van der Waals surface area contributed by atoms with Gasteiger partial charge in [-0.05, 0) is 42.6 Å². The number of rotatable bonds is 9. The fourth-order valence-corrected chi connectivity index (χ4v) is 4.95. The van der Waals surface area contributed by atoms with E-state index in [1.807, 2.05) is 42.5 Å². The van der Waals surface area contributed by atoms with Crippen LogP contribution < -0.4 is 5.32 Å². The van der Waals surface area contributed by atoms with Crippen LogP contribution in [0.4, 0.5) is 10.5 Å². The van der Waals surface area contributed by atoms with Crippen LogP contribution in [-0.2, 0) is 20.8 Å². The van der Waals surface area contributed by atoms with Crippen LogP contribution in [0.25, 0.3) is 0 Å². The van der Waals surface area contributed by atoms with Crippen molar-refractivity contribution in [3.63, 3.8) is 0 Å². The molecule has 2 aliphatic heterocycles. The van der Waals surface area contributed by atoms with Gasteiger partial charge in [0.25, 0.3) is 0 Å². The minimum absolute atomic E-state index is 0.0117. The molecule has 0 spiro atoms. The number of likely N-dealkylation sites (tertiary alicyclic amines) is 1. The van der Waals surface area contributed by atoms with E-state index in [-0.39, 0.29) is 44.0 Å². The van der Waals surface area contributed by atoms with Crippen LogP contribution in [0.3, 0.4) is 0 Å². The number of carbonyl (C=O) groups is 1. The zero-order chi connectivity index (χ0) is 25.5. The Morgan fingerprint density at radius 2 is 2.00 bits per heavy atom. The van der Waals surface area contributed by atoms with Gasteiger partial charge in [-0.15, -0.1) is 0 Å². The number of hydrogen-bond donors (Lipinski definition) is 3. The second kappa shape index (κ2) is 12.5. The molecule has 2 heterocycles. The summed E-state index contributed by atoms with van der Waals surface area (Å²) in [5.41, 5.74) is 3.22. The molecule has 0 bridgehead atoms. The summed E-state index contributed by atoms with van der Waals surface area (Å²) in [4.78, 5) is 14.3. The number of hydrogen-bond acceptors (Lipinski definition) is 7. The summed E-state index contributed by atoms with van der Waals surface area (Å²) >= 11 is 0. The van der Waals surface area contributed by atoms with Crippen molar-refractivity contribution in [2.24, 2.45) is 5.92 Å². The first-order valence-corrected chi connectivity index (χ1v) is 12.5. The van der Waals surface area contributed by atoms with E-state index >= 15 is 0 Å². The van der Waals surface area contributed by atoms with Crippen LogP contribution in [0.1, 0.15) is 48.8 Å². The van der Waals surface area contributed by atoms with Gasteiger partial charge in [-0.3, -0.25) is 10.2 Å². The molecule has 2 aromatic rings. The molecule has 8 nitrogen and oxygen atoms in total. The van der Waals surface area contributed by atoms with Gasteiger partial charge in [-0.2, -0.15) is 0 Å². The third-order valence-electron chi connectivity index (χ3n) is 6.99. The molecular weight excluding hydrogens is 460 g/mol. The van der Waals surface area contributed by atoms with Gasteiger partial charge < -0.3 is 24.4 Å². The average Bonchev–Trinajstić information content (AvgIpc) is 3.36. The number of benzene rings is 2. The molecule has 0 aromatic heterocycles. The van der Waals surface area contributed by atoms with Crippen LogP contribution in [-0.4, -0.2) is 59.7 Å². The van der Waals surface area contributed by atoms with Crippen LogP contribution >= 0.6 is 0 Å². The van der Waals surface area contributed by atoms with Crippen LogP contribution in [0, 0.1) is 5.92 Å². The monoisotopic (exact) mass is 496 g/mol. The Bertz CT molecular complexity index is 1010. The number of carbonyl (C=O) groups excluding carboxylic acids is 1. The van der Waals surface area contributed by atoms with E-state index in [1.165, 1.54) is 6.08 Å². The lowest BCUT2D eigenvalue weighted by Gasteiger charge is -2.43. The largest absolute Gasteiger partial charge is 0.445 e. The van der Waals surface area contributed by atoms with E-state index in [0.29, 0.717) is 12.2 Å². The van der Waals surface area contributed by atoms with Gasteiger partial charge in [-0.1, -0.05) is 56.0 Å². The number of amides is 1. The maximum Gasteiger partial charge on any atom is 0.411 e. The molecule has 2 aliphatic rings. The SMILES string of the molecule is C=CCOC(=O)Nc1cccc([C@@H]2O[C@H](CN3CCC[C@H]3CO)[C@H](C)[C@H](c3ccc(CO)cc3)O2)c1. The highest BCUT2D eigenvalue weighted by atomic mass is 16.7. The number of nitrogens with one attached hydrogen (secondary N) is 1. The summed E-state index contributed by atoms with van der Waals surface area (Å²) in [6, 6.07) is 15.3. The molecule has 8 heteroatoms. The van der Waals surface area contributed by atoms with E-state index in [0.717, 1.165) is 36.1 Å². The van der Waals surface area contributed by atoms with E-state index < -0.39 is 12.4 Å². The summed E-state index contributed by atoms with van der Waals surface area (Å²) in [7, 11) is 0. The molecule has 0 radical (unpaired) electrons. The lowest BCUT2D eigenvalue weighted by atomic mass is 9.90. The van der Waals surface area contributed by atoms with E-state index in [1.54, 1.807) is 6.07 Å². The molecule has 0 unspecified atom stereocenters. The molecule has 0 aliphatic carbocycles. The molecule has 2 saturated heterocycles. The Morgan fingerprint density at radius 1 is 1.19 bits per heavy atom. The maximum atomic E-state index is 12.0. The fraction of sp³-hybridized carbons (Fsp3) is 0.464. The average molecular weight is 497 g/mol. The highest BCUT2D eigenvalue weighted by molar-refractivity contribution is 5.84. The van der Waals surface area contributed by atoms with E-state index in [4.69, 9.17) is 14.2 Å². The molecular formula is C28H36N2O6. The van der Waals surface area contributed by atoms with Crippen LogP contribution in [0.5, 0.6) is 0 Å². The maximum absolute atomic E-state index is 12.0. The smallest absolute Gasteiger partial charge is 0.411 e. The topological polar surface area (TPSA) is 100 Å². The Morgan fingerprint density at radius 3 is 2.72 bits per heavy atom. The zero-order valence-electron chi connectivity index (χ0n) is 20.7. The van der Waals surface area contributed by atoms with Crippen molar-refractivity contribution in [2.75, 3.05) is 31.6 Å². The second-order valence-electron chi connectivity index (χ2n) is 9.43. The van der Waals surface area contributed by atoms with Crippen LogP contribution in [0.2, 0.25) is 0 Å². The zero-order valence-corrected chi connectivity index (χ0v) is 20.7. The molecule has 194 valence electrons. The van der Waals surface area contributed by atoms with Crippen molar-refractivity contribution >= 4 is 11.8 Å². The number of aliphatic hydroxyl groups is 2. The summed E-state index contributed by atoms with van der Waals surface area (Å²) in [6.45, 7) is 7.57. The molecule has 3 N–H and O–H groups in total. The Hall–Kier alpha value is -2.75. The van der Waals surface area contributed by atoms with E-state index in [2.05, 4.69) is 23.7 Å². The highest BCUT2D eigenvalue weighted by Gasteiger charge is 2.40. The Kier molecular flexibility index (Phi) is 9.12. The predicted molar refractivity (Wildman–Crippen MR) is 136 cm³/mol. The van der Waals surface area contributed by atoms with Gasteiger partial charge in [0.2, 0.25) is 0 Å². The van der Waals surface area contributed by atoms with Crippen molar-refractivity contribution in [3.05, 3.63) is 77.9 Å². The molecule has 5 atom stereocenters. The van der Waals surface area contributed by atoms with Crippen molar-refractivity contribution in [1.29, 1.82) is 0 Å². The molecule has 36 heavy (non-hydrogen) atoms. The van der Waals surface area contributed by atoms with Crippen molar-refractivity contribution < 1.29 is 29.2 Å². The third kappa shape index (κ3) is 6.32. The van der Waals surface area contributed by atoms with Crippen molar-refractivity contribution in [3.8, 4) is 0 Å². The predicted octanol–water partition coefficient (Wildman–Crippen LogP) is 4.16. The molecule has 0 saturated carbocycles. The van der Waals surface area contributed by atoms with Gasteiger partial charge in [0.05, 0.1) is 25.4 Å². The number of anilines is 1. The first-order valence-electron chi connectivity index (χ1n) is 12.5. The fourth-order valence-electron chi connectivity index (χ4n) is 4.95. The highest BCUT2D eigenvalue weighted by Crippen LogP contribution is 2.42. The molecule has 4 rings (SSSR count). The molecule has 2 fully saturated rings. The van der Waals surface area contributed by atoms with Gasteiger partial charge >= 0.3 is 6.09 Å².